The summed E-state index contributed by atoms with van der Waals surface area (Å²) in [6, 6.07) is 4.76. The predicted molar refractivity (Wildman–Crippen MR) is 103 cm³/mol. The molecule has 6 nitrogen and oxygen atoms in total. The number of carbonyl (C=O) groups excluding carboxylic acids is 1. The summed E-state index contributed by atoms with van der Waals surface area (Å²) in [4.78, 5) is 20.1. The van der Waals surface area contributed by atoms with E-state index in [1.807, 2.05) is 0 Å². The van der Waals surface area contributed by atoms with E-state index in [1.54, 1.807) is 0 Å². The molecule has 2 aromatic rings. The van der Waals surface area contributed by atoms with Crippen molar-refractivity contribution in [2.75, 3.05) is 24.1 Å². The predicted octanol–water partition coefficient (Wildman–Crippen LogP) is 4.08. The molecule has 0 atom stereocenters. The number of nitrogens with one attached hydrogen (secondary N) is 1. The van der Waals surface area contributed by atoms with Crippen LogP contribution in [-0.2, 0) is 6.18 Å². The minimum absolute atomic E-state index is 0. The normalized spacial score (nSPS) is 10.9. The van der Waals surface area contributed by atoms with E-state index in [9.17, 15) is 18.0 Å². The topological polar surface area (TPSA) is 107 Å². The second kappa shape index (κ2) is 9.14. The van der Waals surface area contributed by atoms with Crippen molar-refractivity contribution in [1.29, 1.82) is 0 Å². The van der Waals surface area contributed by atoms with E-state index < -0.39 is 23.2 Å². The molecule has 0 aromatic carbocycles. The number of nitrogens with zero attached hydrogens (tertiary/aromatic N) is 2. The highest BCUT2D eigenvalue weighted by atomic mass is 19.4. The number of alkyl halides is 3. The SMILES string of the molecule is C.NCCCCNc1ccc(C(F)(F)F)c(C(=O)c2cccnc2N)n1.[HH].[HH].[HH].[HH]. The van der Waals surface area contributed by atoms with Gasteiger partial charge in [0.05, 0.1) is 11.1 Å². The van der Waals surface area contributed by atoms with Gasteiger partial charge in [-0.3, -0.25) is 4.79 Å². The average molecular weight is 377 g/mol. The van der Waals surface area contributed by atoms with Gasteiger partial charge >= 0.3 is 6.18 Å². The van der Waals surface area contributed by atoms with Crippen LogP contribution in [0.5, 0.6) is 0 Å². The molecular weight excluding hydrogens is 347 g/mol. The lowest BCUT2D eigenvalue weighted by molar-refractivity contribution is -0.138. The maximum atomic E-state index is 13.2. The Morgan fingerprint density at radius 1 is 1.23 bits per heavy atom. The quantitative estimate of drug-likeness (QED) is 0.496. The van der Waals surface area contributed by atoms with Gasteiger partial charge in [-0.1, -0.05) is 7.43 Å². The standard InChI is InChI=1S/C16H18F3N5O.CH4.4H2/c17-16(18,19)11-5-6-12(22-8-2-1-7-20)24-13(11)14(25)10-4-3-9-23-15(10)21;;;;;/h3-6,9H,1-2,7-8,20H2,(H2,21,23)(H,22,24);1H4;4*1H. The first-order valence-electron chi connectivity index (χ1n) is 7.62. The zero-order chi connectivity index (χ0) is 18.4. The third kappa shape index (κ3) is 5.16. The molecule has 0 aliphatic carbocycles. The summed E-state index contributed by atoms with van der Waals surface area (Å²) in [5, 5.41) is 2.89. The number of hydrogen-bond donors (Lipinski definition) is 3. The summed E-state index contributed by atoms with van der Waals surface area (Å²) in [7, 11) is 0. The van der Waals surface area contributed by atoms with E-state index in [0.717, 1.165) is 18.9 Å². The molecule has 0 unspecified atom stereocenters. The number of rotatable bonds is 7. The molecule has 2 rings (SSSR count). The highest BCUT2D eigenvalue weighted by Crippen LogP contribution is 2.33. The van der Waals surface area contributed by atoms with E-state index in [4.69, 9.17) is 11.5 Å². The van der Waals surface area contributed by atoms with Gasteiger partial charge in [-0.2, -0.15) is 13.2 Å². The minimum Gasteiger partial charge on any atom is -0.383 e. The van der Waals surface area contributed by atoms with Crippen molar-refractivity contribution in [1.82, 2.24) is 9.97 Å². The minimum atomic E-state index is -4.72. The summed E-state index contributed by atoms with van der Waals surface area (Å²) >= 11 is 0. The van der Waals surface area contributed by atoms with E-state index in [1.165, 1.54) is 24.4 Å². The van der Waals surface area contributed by atoms with Gasteiger partial charge in [-0.15, -0.1) is 0 Å². The molecule has 0 fully saturated rings. The Kier molecular flexibility index (Phi) is 7.51. The lowest BCUT2D eigenvalue weighted by atomic mass is 10.0. The summed E-state index contributed by atoms with van der Waals surface area (Å²) in [5.41, 5.74) is 9.03. The number of anilines is 2. The molecule has 0 radical (unpaired) electrons. The summed E-state index contributed by atoms with van der Waals surface area (Å²) < 4.78 is 39.7. The molecule has 26 heavy (non-hydrogen) atoms. The molecule has 0 aliphatic rings. The molecule has 0 spiro atoms. The van der Waals surface area contributed by atoms with Crippen LogP contribution in [0.15, 0.2) is 30.5 Å². The second-order valence-electron chi connectivity index (χ2n) is 5.28. The van der Waals surface area contributed by atoms with Crippen LogP contribution in [0.3, 0.4) is 0 Å². The van der Waals surface area contributed by atoms with Gasteiger partial charge in [0.2, 0.25) is 5.78 Å². The third-order valence-corrected chi connectivity index (χ3v) is 3.44. The fraction of sp³-hybridized carbons (Fsp3) is 0.353. The number of carbonyl (C=O) groups is 1. The molecule has 0 aliphatic heterocycles. The summed E-state index contributed by atoms with van der Waals surface area (Å²) in [6.07, 6.45) is -1.86. The molecular formula is C17H30F3N5O. The van der Waals surface area contributed by atoms with Crippen molar-refractivity contribution in [2.45, 2.75) is 26.4 Å². The molecule has 0 saturated heterocycles. The third-order valence-electron chi connectivity index (χ3n) is 3.44. The Morgan fingerprint density at radius 3 is 2.58 bits per heavy atom. The number of aromatic nitrogens is 2. The smallest absolute Gasteiger partial charge is 0.383 e. The van der Waals surface area contributed by atoms with Crippen LogP contribution in [-0.4, -0.2) is 28.8 Å². The van der Waals surface area contributed by atoms with Gasteiger partial charge in [-0.25, -0.2) is 9.97 Å². The average Bonchev–Trinajstić information content (AvgIpc) is 2.57. The van der Waals surface area contributed by atoms with Crippen LogP contribution >= 0.6 is 0 Å². The van der Waals surface area contributed by atoms with Crippen molar-refractivity contribution < 1.29 is 23.7 Å². The number of unbranched alkanes of at least 4 members (excludes halogenated alkanes) is 1. The summed E-state index contributed by atoms with van der Waals surface area (Å²) in [5.74, 6) is -0.900. The maximum Gasteiger partial charge on any atom is 0.418 e. The highest BCUT2D eigenvalue weighted by molar-refractivity contribution is 6.11. The Labute approximate surface area is 155 Å². The van der Waals surface area contributed by atoms with Crippen molar-refractivity contribution in [3.05, 3.63) is 47.3 Å². The van der Waals surface area contributed by atoms with Gasteiger partial charge < -0.3 is 16.8 Å². The van der Waals surface area contributed by atoms with E-state index in [-0.39, 0.29) is 30.3 Å². The van der Waals surface area contributed by atoms with E-state index >= 15 is 0 Å². The number of nitrogen functional groups attached to an aromatic ring is 1. The number of nitrogens with two attached hydrogens (primary N) is 2. The van der Waals surface area contributed by atoms with Crippen LogP contribution in [0.1, 0.15) is 47.6 Å². The van der Waals surface area contributed by atoms with Crippen LogP contribution in [0.25, 0.3) is 0 Å². The number of pyridine rings is 2. The number of halogens is 3. The van der Waals surface area contributed by atoms with E-state index in [2.05, 4.69) is 15.3 Å². The van der Waals surface area contributed by atoms with Crippen molar-refractivity contribution >= 4 is 17.4 Å². The second-order valence-corrected chi connectivity index (χ2v) is 5.28. The zero-order valence-electron chi connectivity index (χ0n) is 13.3. The first kappa shape index (κ1) is 21.4. The lowest BCUT2D eigenvalue weighted by Gasteiger charge is -2.14. The van der Waals surface area contributed by atoms with E-state index in [0.29, 0.717) is 13.1 Å². The van der Waals surface area contributed by atoms with Crippen molar-refractivity contribution in [3.8, 4) is 0 Å². The zero-order valence-corrected chi connectivity index (χ0v) is 13.3. The Balaban J connectivity index is -0.000000676. The van der Waals surface area contributed by atoms with Gasteiger partial charge in [-0.05, 0) is 43.7 Å². The lowest BCUT2D eigenvalue weighted by Crippen LogP contribution is -2.18. The maximum absolute atomic E-state index is 13.2. The molecule has 0 saturated carbocycles. The monoisotopic (exact) mass is 377 g/mol. The highest BCUT2D eigenvalue weighted by Gasteiger charge is 2.37. The van der Waals surface area contributed by atoms with Gasteiger partial charge in [0.15, 0.2) is 0 Å². The first-order valence-corrected chi connectivity index (χ1v) is 7.62. The fourth-order valence-electron chi connectivity index (χ4n) is 2.18. The number of ketones is 1. The molecule has 150 valence electrons. The molecule has 0 bridgehead atoms. The first-order chi connectivity index (χ1) is 11.8. The number of hydrogen-bond acceptors (Lipinski definition) is 6. The Morgan fingerprint density at radius 2 is 1.96 bits per heavy atom. The van der Waals surface area contributed by atoms with Gasteiger partial charge in [0, 0.05) is 18.4 Å². The van der Waals surface area contributed by atoms with Crippen LogP contribution in [0.4, 0.5) is 24.8 Å². The van der Waals surface area contributed by atoms with Gasteiger partial charge in [0.25, 0.3) is 0 Å². The van der Waals surface area contributed by atoms with Gasteiger partial charge in [0.1, 0.15) is 17.3 Å². The van der Waals surface area contributed by atoms with Crippen LogP contribution in [0.2, 0.25) is 0 Å². The van der Waals surface area contributed by atoms with Crippen LogP contribution in [0, 0.1) is 0 Å². The fourth-order valence-corrected chi connectivity index (χ4v) is 2.18. The molecule has 0 amide bonds. The van der Waals surface area contributed by atoms with Crippen molar-refractivity contribution in [2.24, 2.45) is 5.73 Å². The Bertz CT molecular complexity index is 766. The summed E-state index contributed by atoms with van der Waals surface area (Å²) in [6.45, 7) is 1.00. The molecule has 9 heteroatoms. The van der Waals surface area contributed by atoms with Crippen LogP contribution < -0.4 is 16.8 Å². The Hall–Kier alpha value is -2.68. The van der Waals surface area contributed by atoms with Crippen molar-refractivity contribution in [3.63, 3.8) is 0 Å². The molecule has 2 heterocycles. The molecule has 5 N–H and O–H groups in total. The molecule has 2 aromatic heterocycles. The largest absolute Gasteiger partial charge is 0.418 e.